The molecule has 4 nitrogen and oxygen atoms in total. The largest absolute Gasteiger partial charge is 0.354 e. The quantitative estimate of drug-likeness (QED) is 0.178. The van der Waals surface area contributed by atoms with Crippen LogP contribution in [0, 0.1) is 0 Å². The first-order valence-electron chi connectivity index (χ1n) is 14.2. The molecule has 0 fully saturated rings. The van der Waals surface area contributed by atoms with E-state index in [0.29, 0.717) is 0 Å². The summed E-state index contributed by atoms with van der Waals surface area (Å²) < 4.78 is 0.903. The van der Waals surface area contributed by atoms with Crippen LogP contribution in [0.5, 0.6) is 0 Å². The van der Waals surface area contributed by atoms with Gasteiger partial charge < -0.3 is 9.97 Å². The van der Waals surface area contributed by atoms with Crippen LogP contribution in [0.4, 0.5) is 0 Å². The first-order chi connectivity index (χ1) is 21.2. The van der Waals surface area contributed by atoms with E-state index < -0.39 is 0 Å². The minimum Gasteiger partial charge on any atom is -0.354 e. The summed E-state index contributed by atoms with van der Waals surface area (Å²) in [6, 6.07) is 39.8. The summed E-state index contributed by atoms with van der Waals surface area (Å²) in [6.07, 6.45) is 8.40. The molecule has 0 saturated heterocycles. The van der Waals surface area contributed by atoms with Crippen LogP contribution in [0.25, 0.3) is 79.8 Å². The van der Waals surface area contributed by atoms with Gasteiger partial charge in [0.25, 0.3) is 0 Å². The number of halogens is 1. The molecule has 3 aromatic heterocycles. The molecule has 5 heterocycles. The van der Waals surface area contributed by atoms with Gasteiger partial charge >= 0.3 is 0 Å². The molecule has 8 rings (SSSR count). The SMILES string of the molecule is Brc1c2nc(c(-c3ccccc3)c3ccc([nH]3)c(-c3ccccc3)c3nc(c(-c4ccccc4)c4ccc1[nH]4)C=C3)C=C2.[Pd]. The fraction of sp³-hybridized carbons (Fsp3) is 0. The van der Waals surface area contributed by atoms with E-state index in [2.05, 4.69) is 147 Å². The number of nitrogens with zero attached hydrogens (tertiary/aromatic N) is 2. The normalized spacial score (nSPS) is 11.8. The number of nitrogens with one attached hydrogen (secondary N) is 2. The Balaban J connectivity index is 0.00000312. The maximum absolute atomic E-state index is 5.28. The Morgan fingerprint density at radius 1 is 0.386 bits per heavy atom. The van der Waals surface area contributed by atoms with Gasteiger partial charge in [-0.3, -0.25) is 0 Å². The average molecular weight is 724 g/mol. The van der Waals surface area contributed by atoms with Crippen LogP contribution in [0.2, 0.25) is 0 Å². The molecule has 44 heavy (non-hydrogen) atoms. The van der Waals surface area contributed by atoms with Gasteiger partial charge in [-0.25, -0.2) is 9.97 Å². The Kier molecular flexibility index (Phi) is 7.58. The van der Waals surface area contributed by atoms with Crippen LogP contribution < -0.4 is 0 Å². The number of fused-ring (bicyclic) bond motifs is 8. The first kappa shape index (κ1) is 28.2. The third kappa shape index (κ3) is 5.02. The second kappa shape index (κ2) is 11.8. The first-order valence-corrected chi connectivity index (χ1v) is 15.0. The molecule has 214 valence electrons. The second-order valence-electron chi connectivity index (χ2n) is 10.5. The zero-order chi connectivity index (χ0) is 28.8. The minimum atomic E-state index is 0. The molecule has 6 heteroatoms. The van der Waals surface area contributed by atoms with Gasteiger partial charge in [-0.05, 0) is 81.2 Å². The predicted molar refractivity (Wildman–Crippen MR) is 183 cm³/mol. The van der Waals surface area contributed by atoms with Crippen molar-refractivity contribution in [1.29, 1.82) is 0 Å². The standard InChI is InChI=1S/C38H25BrN4.Pd/c39-38-33-22-20-31(42-33)36(25-12-6-2-7-13-25)29-18-16-27(40-29)35(24-10-4-1-5-11-24)28-17-19-30(41-28)37(26-14-8-3-9-15-26)32-21-23-34(38)43-32;/h1-23,40,43H;. The Bertz CT molecular complexity index is 2190. The monoisotopic (exact) mass is 722 g/mol. The summed E-state index contributed by atoms with van der Waals surface area (Å²) in [4.78, 5) is 17.8. The number of H-pyrrole nitrogens is 2. The van der Waals surface area contributed by atoms with Crippen molar-refractivity contribution >= 4 is 62.3 Å². The molecular formula is C38H25BrN4Pd. The van der Waals surface area contributed by atoms with Crippen LogP contribution in [-0.4, -0.2) is 19.9 Å². The minimum absolute atomic E-state index is 0. The van der Waals surface area contributed by atoms with Crippen molar-refractivity contribution < 1.29 is 20.4 Å². The van der Waals surface area contributed by atoms with Crippen LogP contribution in [0.1, 0.15) is 22.8 Å². The fourth-order valence-electron chi connectivity index (χ4n) is 5.90. The van der Waals surface area contributed by atoms with Crippen molar-refractivity contribution in [2.75, 3.05) is 0 Å². The predicted octanol–water partition coefficient (Wildman–Crippen LogP) is 10.4. The number of aromatic amines is 2. The van der Waals surface area contributed by atoms with Gasteiger partial charge in [0.1, 0.15) is 0 Å². The molecule has 0 atom stereocenters. The Morgan fingerprint density at radius 3 is 1.11 bits per heavy atom. The molecule has 0 saturated carbocycles. The summed E-state index contributed by atoms with van der Waals surface area (Å²) in [6.45, 7) is 0. The average Bonchev–Trinajstić information content (AvgIpc) is 3.88. The van der Waals surface area contributed by atoms with Gasteiger partial charge in [-0.1, -0.05) is 91.0 Å². The summed E-state index contributed by atoms with van der Waals surface area (Å²) in [5.74, 6) is 0. The van der Waals surface area contributed by atoms with Crippen molar-refractivity contribution in [2.45, 2.75) is 0 Å². The fourth-order valence-corrected chi connectivity index (χ4v) is 6.35. The molecule has 0 radical (unpaired) electrons. The molecule has 2 aliphatic heterocycles. The number of benzene rings is 3. The van der Waals surface area contributed by atoms with E-state index in [9.17, 15) is 0 Å². The zero-order valence-corrected chi connectivity index (χ0v) is 26.5. The van der Waals surface area contributed by atoms with E-state index in [-0.39, 0.29) is 20.4 Å². The molecule has 0 amide bonds. The molecule has 8 bridgehead atoms. The van der Waals surface area contributed by atoms with Gasteiger partial charge in [0, 0.05) is 53.7 Å². The molecular weight excluding hydrogens is 699 g/mol. The van der Waals surface area contributed by atoms with E-state index in [1.807, 2.05) is 18.2 Å². The number of hydrogen-bond donors (Lipinski definition) is 2. The van der Waals surface area contributed by atoms with Crippen molar-refractivity contribution in [3.8, 4) is 33.4 Å². The van der Waals surface area contributed by atoms with Crippen molar-refractivity contribution in [3.63, 3.8) is 0 Å². The van der Waals surface area contributed by atoms with Crippen LogP contribution in [0.15, 0.2) is 120 Å². The molecule has 3 aromatic carbocycles. The summed E-state index contributed by atoms with van der Waals surface area (Å²) in [5.41, 5.74) is 13.9. The van der Waals surface area contributed by atoms with E-state index in [0.717, 1.165) is 82.7 Å². The summed E-state index contributed by atoms with van der Waals surface area (Å²) >= 11 is 3.86. The van der Waals surface area contributed by atoms with E-state index >= 15 is 0 Å². The third-order valence-electron chi connectivity index (χ3n) is 7.88. The smallest absolute Gasteiger partial charge is 0.0801 e. The third-order valence-corrected chi connectivity index (χ3v) is 8.71. The molecule has 0 aliphatic carbocycles. The molecule has 2 aliphatic rings. The number of rotatable bonds is 3. The Hall–Kier alpha value is -4.60. The van der Waals surface area contributed by atoms with E-state index in [1.54, 1.807) is 0 Å². The van der Waals surface area contributed by atoms with Gasteiger partial charge in [-0.15, -0.1) is 0 Å². The Labute approximate surface area is 277 Å². The van der Waals surface area contributed by atoms with Gasteiger partial charge in [-0.2, -0.15) is 0 Å². The van der Waals surface area contributed by atoms with Crippen LogP contribution in [-0.2, 0) is 20.4 Å². The van der Waals surface area contributed by atoms with Crippen molar-refractivity contribution in [1.82, 2.24) is 19.9 Å². The van der Waals surface area contributed by atoms with E-state index in [4.69, 9.17) is 9.97 Å². The molecule has 0 spiro atoms. The topological polar surface area (TPSA) is 57.4 Å². The number of hydrogen-bond acceptors (Lipinski definition) is 2. The summed E-state index contributed by atoms with van der Waals surface area (Å²) in [7, 11) is 0. The van der Waals surface area contributed by atoms with Gasteiger partial charge in [0.15, 0.2) is 0 Å². The van der Waals surface area contributed by atoms with E-state index in [1.165, 1.54) is 0 Å². The molecule has 6 aromatic rings. The Morgan fingerprint density at radius 2 is 0.705 bits per heavy atom. The van der Waals surface area contributed by atoms with Gasteiger partial charge in [0.2, 0.25) is 0 Å². The molecule has 0 unspecified atom stereocenters. The molecule has 2 N–H and O–H groups in total. The number of aromatic nitrogens is 4. The van der Waals surface area contributed by atoms with Crippen LogP contribution >= 0.6 is 15.9 Å². The second-order valence-corrected chi connectivity index (χ2v) is 11.3. The van der Waals surface area contributed by atoms with Crippen molar-refractivity contribution in [2.24, 2.45) is 0 Å². The zero-order valence-electron chi connectivity index (χ0n) is 23.4. The maximum Gasteiger partial charge on any atom is 0.0801 e. The maximum atomic E-state index is 5.28. The van der Waals surface area contributed by atoms with Crippen LogP contribution in [0.3, 0.4) is 0 Å². The summed E-state index contributed by atoms with van der Waals surface area (Å²) in [5, 5.41) is 0. The van der Waals surface area contributed by atoms with Gasteiger partial charge in [0.05, 0.1) is 32.8 Å². The van der Waals surface area contributed by atoms with Crippen molar-refractivity contribution in [3.05, 3.63) is 143 Å².